The van der Waals surface area contributed by atoms with Crippen molar-refractivity contribution < 1.29 is 38.1 Å². The Balaban J connectivity index is 3.32. The Morgan fingerprint density at radius 2 is 1.29 bits per heavy atom. The number of nitrogens with one attached hydrogen (secondary N) is 2. The second-order valence-electron chi connectivity index (χ2n) is 6.58. The molecular weight excluding hydrogens is 476 g/mol. The van der Waals surface area contributed by atoms with Crippen molar-refractivity contribution >= 4 is 39.3 Å². The van der Waals surface area contributed by atoms with Crippen LogP contribution in [0.1, 0.15) is 32.6 Å². The van der Waals surface area contributed by atoms with Gasteiger partial charge in [0.25, 0.3) is 0 Å². The van der Waals surface area contributed by atoms with Crippen molar-refractivity contribution in [2.75, 3.05) is 71.3 Å². The van der Waals surface area contributed by atoms with Gasteiger partial charge in [-0.2, -0.15) is 0 Å². The third kappa shape index (κ3) is 23.1. The van der Waals surface area contributed by atoms with Crippen LogP contribution in [0.2, 0.25) is 0 Å². The van der Waals surface area contributed by atoms with E-state index in [-0.39, 0.29) is 43.2 Å². The van der Waals surface area contributed by atoms with Gasteiger partial charge in [0, 0.05) is 39.5 Å². The quantitative estimate of drug-likeness (QED) is 0.158. The number of amides is 2. The maximum absolute atomic E-state index is 11.7. The van der Waals surface area contributed by atoms with Crippen molar-refractivity contribution in [1.29, 1.82) is 0 Å². The van der Waals surface area contributed by atoms with Crippen LogP contribution < -0.4 is 10.6 Å². The van der Waals surface area contributed by atoms with Crippen LogP contribution in [0.25, 0.3) is 0 Å². The Labute approximate surface area is 192 Å². The third-order valence-corrected chi connectivity index (χ3v) is 4.33. The maximum Gasteiger partial charge on any atom is 0.245 e. The van der Waals surface area contributed by atoms with Crippen LogP contribution in [0, 0.1) is 0 Å². The topological polar surface area (TPSA) is 129 Å². The Morgan fingerprint density at radius 1 is 0.677 bits per heavy atom. The summed E-state index contributed by atoms with van der Waals surface area (Å²) < 4.78 is 21.0. The number of hydrogen-bond donors (Lipinski definition) is 2. The number of ketones is 2. The molecule has 0 unspecified atom stereocenters. The summed E-state index contributed by atoms with van der Waals surface area (Å²) in [5.74, 6) is -0.224. The zero-order chi connectivity index (χ0) is 23.2. The molecule has 0 fully saturated rings. The number of hydrogen-bond acceptors (Lipinski definition) is 8. The molecule has 2 amide bonds. The molecule has 0 aromatic heterocycles. The summed E-state index contributed by atoms with van der Waals surface area (Å²) in [5, 5.41) is 5.63. The standard InChI is InChI=1S/C20H35BrN2O8/c1-17(24)22-7-9-29-11-12-30-15-19(26)5-3-8-28-10-13-31-16-20(27)23-6-2-4-18(25)14-21/h2-16H2,1H3,(H,22,24)(H,23,27). The minimum Gasteiger partial charge on any atom is -0.379 e. The third-order valence-electron chi connectivity index (χ3n) is 3.71. The molecule has 0 radical (unpaired) electrons. The highest BCUT2D eigenvalue weighted by molar-refractivity contribution is 9.09. The predicted molar refractivity (Wildman–Crippen MR) is 117 cm³/mol. The van der Waals surface area contributed by atoms with Crippen molar-refractivity contribution in [3.05, 3.63) is 0 Å². The van der Waals surface area contributed by atoms with Crippen LogP contribution in [-0.2, 0) is 38.1 Å². The zero-order valence-corrected chi connectivity index (χ0v) is 19.8. The van der Waals surface area contributed by atoms with Crippen molar-refractivity contribution in [2.24, 2.45) is 0 Å². The van der Waals surface area contributed by atoms with E-state index < -0.39 is 0 Å². The van der Waals surface area contributed by atoms with Gasteiger partial charge in [-0.05, 0) is 12.8 Å². The summed E-state index contributed by atoms with van der Waals surface area (Å²) in [6, 6.07) is 0. The Morgan fingerprint density at radius 3 is 1.97 bits per heavy atom. The van der Waals surface area contributed by atoms with E-state index in [9.17, 15) is 19.2 Å². The number of carbonyl (C=O) groups is 4. The smallest absolute Gasteiger partial charge is 0.245 e. The predicted octanol–water partition coefficient (Wildman–Crippen LogP) is 0.399. The molecule has 0 aliphatic carbocycles. The van der Waals surface area contributed by atoms with Gasteiger partial charge in [0.2, 0.25) is 11.8 Å². The fraction of sp³-hybridized carbons (Fsp3) is 0.800. The first kappa shape index (κ1) is 29.6. The first-order valence-corrected chi connectivity index (χ1v) is 11.5. The lowest BCUT2D eigenvalue weighted by atomic mass is 10.2. The molecule has 0 aromatic rings. The zero-order valence-electron chi connectivity index (χ0n) is 18.3. The Bertz CT molecular complexity index is 519. The summed E-state index contributed by atoms with van der Waals surface area (Å²) in [7, 11) is 0. The van der Waals surface area contributed by atoms with Gasteiger partial charge in [0.05, 0.1) is 38.4 Å². The number of Topliss-reactive ketones (excluding diaryl/α,β-unsaturated/α-hetero) is 2. The van der Waals surface area contributed by atoms with E-state index in [1.807, 2.05) is 0 Å². The monoisotopic (exact) mass is 510 g/mol. The van der Waals surface area contributed by atoms with Gasteiger partial charge in [0.1, 0.15) is 19.0 Å². The van der Waals surface area contributed by atoms with Crippen LogP contribution in [-0.4, -0.2) is 94.7 Å². The fourth-order valence-corrected chi connectivity index (χ4v) is 2.45. The van der Waals surface area contributed by atoms with Crippen LogP contribution in [0.4, 0.5) is 0 Å². The summed E-state index contributed by atoms with van der Waals surface area (Å²) >= 11 is 3.09. The fourth-order valence-electron chi connectivity index (χ4n) is 2.16. The van der Waals surface area contributed by atoms with Crippen LogP contribution in [0.5, 0.6) is 0 Å². The van der Waals surface area contributed by atoms with Gasteiger partial charge in [-0.1, -0.05) is 15.9 Å². The largest absolute Gasteiger partial charge is 0.379 e. The minimum atomic E-state index is -0.227. The molecule has 0 aliphatic heterocycles. The van der Waals surface area contributed by atoms with Crippen molar-refractivity contribution in [2.45, 2.75) is 32.6 Å². The van der Waals surface area contributed by atoms with Crippen molar-refractivity contribution in [3.63, 3.8) is 0 Å². The number of rotatable bonds is 22. The maximum atomic E-state index is 11.7. The number of alkyl halides is 1. The first-order valence-electron chi connectivity index (χ1n) is 10.4. The van der Waals surface area contributed by atoms with Crippen LogP contribution in [0.15, 0.2) is 0 Å². The van der Waals surface area contributed by atoms with Gasteiger partial charge < -0.3 is 29.6 Å². The normalized spacial score (nSPS) is 10.6. The van der Waals surface area contributed by atoms with E-state index in [4.69, 9.17) is 18.9 Å². The van der Waals surface area contributed by atoms with Gasteiger partial charge in [-0.15, -0.1) is 0 Å². The number of carbonyl (C=O) groups excluding carboxylic acids is 4. The minimum absolute atomic E-state index is 0.00685. The lowest BCUT2D eigenvalue weighted by Gasteiger charge is -2.07. The molecular formula is C20H35BrN2O8. The highest BCUT2D eigenvalue weighted by atomic mass is 79.9. The summed E-state index contributed by atoms with van der Waals surface area (Å²) in [6.07, 6.45) is 1.99. The molecule has 0 rings (SSSR count). The van der Waals surface area contributed by atoms with E-state index in [2.05, 4.69) is 26.6 Å². The molecule has 0 bridgehead atoms. The molecule has 0 atom stereocenters. The molecule has 10 nitrogen and oxygen atoms in total. The highest BCUT2D eigenvalue weighted by Gasteiger charge is 2.04. The first-order chi connectivity index (χ1) is 15.0. The van der Waals surface area contributed by atoms with Crippen molar-refractivity contribution in [3.8, 4) is 0 Å². The summed E-state index contributed by atoms with van der Waals surface area (Å²) in [4.78, 5) is 44.9. The Kier molecular flexibility index (Phi) is 20.8. The number of ether oxygens (including phenoxy) is 4. The Hall–Kier alpha value is -1.40. The molecule has 0 aromatic carbocycles. The molecule has 2 N–H and O–H groups in total. The van der Waals surface area contributed by atoms with Gasteiger partial charge >= 0.3 is 0 Å². The number of halogens is 1. The molecule has 0 aliphatic rings. The van der Waals surface area contributed by atoms with E-state index in [1.165, 1.54) is 6.92 Å². The van der Waals surface area contributed by atoms with E-state index in [1.54, 1.807) is 0 Å². The molecule has 180 valence electrons. The van der Waals surface area contributed by atoms with Crippen LogP contribution >= 0.6 is 15.9 Å². The lowest BCUT2D eigenvalue weighted by molar-refractivity contribution is -0.127. The van der Waals surface area contributed by atoms with Gasteiger partial charge in [0.15, 0.2) is 5.78 Å². The SMILES string of the molecule is CC(=O)NCCOCCOCC(=O)CCCOCCOCC(=O)NCCCC(=O)CBr. The average molecular weight is 511 g/mol. The second-order valence-corrected chi connectivity index (χ2v) is 7.14. The summed E-state index contributed by atoms with van der Waals surface area (Å²) in [6.45, 7) is 4.47. The molecule has 0 heterocycles. The molecule has 11 heteroatoms. The van der Waals surface area contributed by atoms with Crippen molar-refractivity contribution in [1.82, 2.24) is 10.6 Å². The second kappa shape index (κ2) is 21.8. The van der Waals surface area contributed by atoms with E-state index in [0.717, 1.165) is 0 Å². The van der Waals surface area contributed by atoms with Crippen LogP contribution in [0.3, 0.4) is 0 Å². The van der Waals surface area contributed by atoms with E-state index >= 15 is 0 Å². The van der Waals surface area contributed by atoms with Gasteiger partial charge in [-0.3, -0.25) is 19.2 Å². The molecule has 0 saturated carbocycles. The van der Waals surface area contributed by atoms with Gasteiger partial charge in [-0.25, -0.2) is 0 Å². The molecule has 0 spiro atoms. The summed E-state index contributed by atoms with van der Waals surface area (Å²) in [5.41, 5.74) is 0. The molecule has 31 heavy (non-hydrogen) atoms. The average Bonchev–Trinajstić information content (AvgIpc) is 2.74. The highest BCUT2D eigenvalue weighted by Crippen LogP contribution is 1.95. The molecule has 0 saturated heterocycles. The van der Waals surface area contributed by atoms with E-state index in [0.29, 0.717) is 77.1 Å². The lowest BCUT2D eigenvalue weighted by Crippen LogP contribution is -2.29.